The van der Waals surface area contributed by atoms with Crippen LogP contribution in [0, 0.1) is 0 Å². The zero-order valence-electron chi connectivity index (χ0n) is 11.9. The van der Waals surface area contributed by atoms with Crippen molar-refractivity contribution in [2.75, 3.05) is 5.32 Å². The molecule has 1 amide bonds. The summed E-state index contributed by atoms with van der Waals surface area (Å²) in [4.78, 5) is 27.9. The van der Waals surface area contributed by atoms with E-state index >= 15 is 0 Å². The maximum absolute atomic E-state index is 12.0. The van der Waals surface area contributed by atoms with Crippen LogP contribution in [0.25, 0.3) is 0 Å². The van der Waals surface area contributed by atoms with Gasteiger partial charge >= 0.3 is 5.97 Å². The zero-order valence-corrected chi connectivity index (χ0v) is 12.7. The van der Waals surface area contributed by atoms with Crippen molar-refractivity contribution in [3.05, 3.63) is 46.5 Å². The van der Waals surface area contributed by atoms with E-state index < -0.39 is 5.97 Å². The summed E-state index contributed by atoms with van der Waals surface area (Å²) in [5, 5.41) is 12.4. The number of carbonyl (C=O) groups excluding carboxylic acids is 1. The monoisotopic (exact) mass is 316 g/mol. The highest BCUT2D eigenvalue weighted by Crippen LogP contribution is 2.40. The molecular formula is C16H16N2O3S. The largest absolute Gasteiger partial charge is 0.477 e. The maximum atomic E-state index is 12.0. The summed E-state index contributed by atoms with van der Waals surface area (Å²) in [5.74, 6) is -0.929. The van der Waals surface area contributed by atoms with Gasteiger partial charge in [-0.3, -0.25) is 4.79 Å². The van der Waals surface area contributed by atoms with Gasteiger partial charge < -0.3 is 10.4 Å². The second-order valence-electron chi connectivity index (χ2n) is 5.38. The van der Waals surface area contributed by atoms with Crippen LogP contribution in [-0.2, 0) is 11.2 Å². The average molecular weight is 316 g/mol. The van der Waals surface area contributed by atoms with E-state index in [2.05, 4.69) is 10.3 Å². The molecule has 3 rings (SSSR count). The molecule has 0 radical (unpaired) electrons. The topological polar surface area (TPSA) is 79.3 Å². The number of thiazole rings is 1. The molecule has 1 saturated carbocycles. The lowest BCUT2D eigenvalue weighted by molar-refractivity contribution is -0.115. The molecule has 1 aromatic carbocycles. The number of hydrogen-bond acceptors (Lipinski definition) is 4. The van der Waals surface area contributed by atoms with Crippen molar-refractivity contribution >= 4 is 28.3 Å². The number of carboxylic acids is 1. The summed E-state index contributed by atoms with van der Waals surface area (Å²) < 4.78 is 0. The van der Waals surface area contributed by atoms with Gasteiger partial charge in [-0.1, -0.05) is 48.1 Å². The Bertz CT molecular complexity index is 693. The van der Waals surface area contributed by atoms with Gasteiger partial charge in [-0.05, 0) is 18.4 Å². The highest BCUT2D eigenvalue weighted by molar-refractivity contribution is 7.17. The number of rotatable bonds is 5. The number of carbonyl (C=O) groups is 2. The fraction of sp³-hybridized carbons (Fsp3) is 0.312. The Morgan fingerprint density at radius 1 is 1.27 bits per heavy atom. The zero-order chi connectivity index (χ0) is 15.5. The third-order valence-corrected chi connectivity index (χ3v) is 4.77. The number of benzene rings is 1. The number of nitrogens with one attached hydrogen (secondary N) is 1. The van der Waals surface area contributed by atoms with Gasteiger partial charge in [0, 0.05) is 5.92 Å². The van der Waals surface area contributed by atoms with Crippen LogP contribution >= 0.6 is 11.3 Å². The number of anilines is 1. The van der Waals surface area contributed by atoms with Crippen molar-refractivity contribution < 1.29 is 14.7 Å². The molecule has 0 atom stereocenters. The van der Waals surface area contributed by atoms with Gasteiger partial charge in [-0.2, -0.15) is 0 Å². The van der Waals surface area contributed by atoms with Crippen molar-refractivity contribution in [3.8, 4) is 0 Å². The number of nitrogens with zero attached hydrogens (tertiary/aromatic N) is 1. The van der Waals surface area contributed by atoms with Crippen molar-refractivity contribution in [3.63, 3.8) is 0 Å². The van der Waals surface area contributed by atoms with E-state index in [0.717, 1.165) is 36.2 Å². The Balaban J connectivity index is 1.72. The Hall–Kier alpha value is -2.21. The highest BCUT2D eigenvalue weighted by atomic mass is 32.1. The number of carboxylic acid groups (broad SMARTS) is 1. The molecule has 0 spiro atoms. The van der Waals surface area contributed by atoms with E-state index in [-0.39, 0.29) is 23.1 Å². The lowest BCUT2D eigenvalue weighted by atomic mass is 9.82. The minimum Gasteiger partial charge on any atom is -0.477 e. The standard InChI is InChI=1S/C16H16N2O3S/c19-12(9-10-5-2-1-3-6-10)17-16-18-13(11-7-4-8-11)14(22-16)15(20)21/h1-3,5-6,11H,4,7-9H2,(H,20,21)(H,17,18,19). The molecule has 22 heavy (non-hydrogen) atoms. The molecule has 1 aliphatic rings. The fourth-order valence-corrected chi connectivity index (χ4v) is 3.35. The molecule has 0 aliphatic heterocycles. The van der Waals surface area contributed by atoms with Crippen molar-refractivity contribution in [1.29, 1.82) is 0 Å². The number of hydrogen-bond donors (Lipinski definition) is 2. The first-order valence-electron chi connectivity index (χ1n) is 7.21. The molecule has 1 aromatic heterocycles. The normalized spacial score (nSPS) is 14.4. The third-order valence-electron chi connectivity index (χ3n) is 3.79. The predicted octanol–water partition coefficient (Wildman–Crippen LogP) is 3.29. The van der Waals surface area contributed by atoms with E-state index in [1.807, 2.05) is 30.3 Å². The van der Waals surface area contributed by atoms with E-state index in [9.17, 15) is 14.7 Å². The Morgan fingerprint density at radius 3 is 2.59 bits per heavy atom. The molecule has 1 heterocycles. The molecule has 6 heteroatoms. The molecular weight excluding hydrogens is 300 g/mol. The summed E-state index contributed by atoms with van der Waals surface area (Å²) in [6, 6.07) is 9.41. The van der Waals surface area contributed by atoms with E-state index in [1.165, 1.54) is 0 Å². The Morgan fingerprint density at radius 2 is 2.00 bits per heavy atom. The van der Waals surface area contributed by atoms with Crippen LogP contribution in [0.5, 0.6) is 0 Å². The summed E-state index contributed by atoms with van der Waals surface area (Å²) in [7, 11) is 0. The van der Waals surface area contributed by atoms with Gasteiger partial charge in [0.25, 0.3) is 0 Å². The first-order valence-corrected chi connectivity index (χ1v) is 8.03. The third kappa shape index (κ3) is 3.17. The van der Waals surface area contributed by atoms with Gasteiger partial charge in [0.1, 0.15) is 4.88 Å². The predicted molar refractivity (Wildman–Crippen MR) is 84.4 cm³/mol. The first kappa shape index (κ1) is 14.7. The van der Waals surface area contributed by atoms with Crippen molar-refractivity contribution in [1.82, 2.24) is 4.98 Å². The summed E-state index contributed by atoms with van der Waals surface area (Å²) in [6.45, 7) is 0. The quantitative estimate of drug-likeness (QED) is 0.887. The number of amides is 1. The fourth-order valence-electron chi connectivity index (χ4n) is 2.44. The lowest BCUT2D eigenvalue weighted by Gasteiger charge is -2.23. The van der Waals surface area contributed by atoms with E-state index in [1.54, 1.807) is 0 Å². The SMILES string of the molecule is O=C(Cc1ccccc1)Nc1nc(C2CCC2)c(C(=O)O)s1. The summed E-state index contributed by atoms with van der Waals surface area (Å²) in [5.41, 5.74) is 1.54. The minimum atomic E-state index is -0.969. The second-order valence-corrected chi connectivity index (χ2v) is 6.38. The second kappa shape index (κ2) is 6.27. The van der Waals surface area contributed by atoms with Crippen LogP contribution in [0.1, 0.15) is 46.1 Å². The maximum Gasteiger partial charge on any atom is 0.347 e. The van der Waals surface area contributed by atoms with Crippen LogP contribution in [0.4, 0.5) is 5.13 Å². The van der Waals surface area contributed by atoms with Gasteiger partial charge in [-0.25, -0.2) is 9.78 Å². The molecule has 1 aliphatic carbocycles. The van der Waals surface area contributed by atoms with Crippen LogP contribution in [0.2, 0.25) is 0 Å². The lowest BCUT2D eigenvalue weighted by Crippen LogP contribution is -2.15. The van der Waals surface area contributed by atoms with Gasteiger partial charge in [0.05, 0.1) is 12.1 Å². The summed E-state index contributed by atoms with van der Waals surface area (Å²) in [6.07, 6.45) is 3.31. The van der Waals surface area contributed by atoms with E-state index in [0.29, 0.717) is 10.8 Å². The summed E-state index contributed by atoms with van der Waals surface area (Å²) >= 11 is 1.04. The number of aromatic nitrogens is 1. The molecule has 5 nitrogen and oxygen atoms in total. The molecule has 2 N–H and O–H groups in total. The Labute approximate surface area is 132 Å². The van der Waals surface area contributed by atoms with Crippen molar-refractivity contribution in [2.24, 2.45) is 0 Å². The highest BCUT2D eigenvalue weighted by Gasteiger charge is 2.29. The molecule has 2 aromatic rings. The molecule has 0 bridgehead atoms. The molecule has 0 unspecified atom stereocenters. The van der Waals surface area contributed by atoms with E-state index in [4.69, 9.17) is 0 Å². The van der Waals surface area contributed by atoms with Gasteiger partial charge in [0.2, 0.25) is 5.91 Å². The Kier molecular flexibility index (Phi) is 4.20. The van der Waals surface area contributed by atoms with Crippen molar-refractivity contribution in [2.45, 2.75) is 31.6 Å². The smallest absolute Gasteiger partial charge is 0.347 e. The van der Waals surface area contributed by atoms with Gasteiger partial charge in [-0.15, -0.1) is 0 Å². The molecule has 0 saturated heterocycles. The molecule has 114 valence electrons. The number of aromatic carboxylic acids is 1. The van der Waals surface area contributed by atoms with Crippen LogP contribution in [0.3, 0.4) is 0 Å². The first-order chi connectivity index (χ1) is 10.6. The van der Waals surface area contributed by atoms with Crippen LogP contribution in [-0.4, -0.2) is 22.0 Å². The van der Waals surface area contributed by atoms with Gasteiger partial charge in [0.15, 0.2) is 5.13 Å². The van der Waals surface area contributed by atoms with Crippen LogP contribution in [0.15, 0.2) is 30.3 Å². The minimum absolute atomic E-state index is 0.183. The molecule has 1 fully saturated rings. The average Bonchev–Trinajstić information content (AvgIpc) is 2.81. The van der Waals surface area contributed by atoms with Crippen LogP contribution < -0.4 is 5.32 Å².